The maximum absolute atomic E-state index is 12.2. The second-order valence-corrected chi connectivity index (χ2v) is 7.50. The molecule has 130 valence electrons. The second kappa shape index (κ2) is 7.63. The van der Waals surface area contributed by atoms with Gasteiger partial charge in [-0.15, -0.1) is 22.7 Å². The number of nitrogens with one attached hydrogen (secondary N) is 1. The summed E-state index contributed by atoms with van der Waals surface area (Å²) >= 11 is 3.08. The van der Waals surface area contributed by atoms with Crippen LogP contribution in [0, 0.1) is 0 Å². The molecule has 0 aliphatic rings. The molecule has 0 spiro atoms. The highest BCUT2D eigenvalue weighted by Crippen LogP contribution is 2.28. The normalized spacial score (nSPS) is 10.8. The number of hydrogen-bond donors (Lipinski definition) is 1. The van der Waals surface area contributed by atoms with Gasteiger partial charge in [0.15, 0.2) is 5.13 Å². The van der Waals surface area contributed by atoms with Gasteiger partial charge < -0.3 is 5.32 Å². The van der Waals surface area contributed by atoms with Gasteiger partial charge in [0.25, 0.3) is 0 Å². The minimum atomic E-state index is -0.0375. The van der Waals surface area contributed by atoms with Crippen LogP contribution in [0.5, 0.6) is 0 Å². The van der Waals surface area contributed by atoms with Gasteiger partial charge in [-0.25, -0.2) is 9.67 Å². The van der Waals surface area contributed by atoms with E-state index in [1.165, 1.54) is 11.3 Å². The Morgan fingerprint density at radius 2 is 2.00 bits per heavy atom. The highest BCUT2D eigenvalue weighted by Gasteiger charge is 2.10. The Balaban J connectivity index is 1.32. The number of aromatic nitrogens is 3. The molecule has 0 aliphatic carbocycles. The molecule has 0 unspecified atom stereocenters. The summed E-state index contributed by atoms with van der Waals surface area (Å²) in [7, 11) is 0. The molecule has 5 nitrogen and oxygen atoms in total. The Morgan fingerprint density at radius 3 is 2.81 bits per heavy atom. The van der Waals surface area contributed by atoms with Crippen molar-refractivity contribution in [1.82, 2.24) is 14.8 Å². The fourth-order valence-corrected chi connectivity index (χ4v) is 4.01. The first-order valence-corrected chi connectivity index (χ1v) is 9.92. The summed E-state index contributed by atoms with van der Waals surface area (Å²) in [5, 5.41) is 11.9. The van der Waals surface area contributed by atoms with Crippen molar-refractivity contribution in [1.29, 1.82) is 0 Å². The van der Waals surface area contributed by atoms with Crippen LogP contribution in [-0.2, 0) is 11.2 Å². The van der Waals surface area contributed by atoms with E-state index in [0.29, 0.717) is 18.0 Å². The number of benzene rings is 1. The zero-order valence-electron chi connectivity index (χ0n) is 13.8. The number of rotatable bonds is 6. The molecule has 1 aromatic carbocycles. The van der Waals surface area contributed by atoms with Crippen LogP contribution in [0.25, 0.3) is 16.3 Å². The molecule has 0 bridgehead atoms. The number of amides is 1. The predicted octanol–water partition coefficient (Wildman–Crippen LogP) is 4.63. The van der Waals surface area contributed by atoms with Crippen LogP contribution in [0.4, 0.5) is 5.13 Å². The first-order chi connectivity index (χ1) is 12.8. The minimum Gasteiger partial charge on any atom is -0.302 e. The highest BCUT2D eigenvalue weighted by atomic mass is 32.1. The fourth-order valence-electron chi connectivity index (χ4n) is 2.52. The van der Waals surface area contributed by atoms with Crippen LogP contribution < -0.4 is 5.32 Å². The number of carbonyl (C=O) groups excluding carboxylic acids is 1. The average molecular weight is 380 g/mol. The molecule has 26 heavy (non-hydrogen) atoms. The molecule has 4 rings (SSSR count). The van der Waals surface area contributed by atoms with Crippen LogP contribution in [0.1, 0.15) is 12.0 Å². The number of anilines is 1. The van der Waals surface area contributed by atoms with Crippen molar-refractivity contribution < 1.29 is 4.79 Å². The molecular weight excluding hydrogens is 364 g/mol. The van der Waals surface area contributed by atoms with Gasteiger partial charge in [0.05, 0.1) is 22.5 Å². The molecule has 0 aliphatic heterocycles. The summed E-state index contributed by atoms with van der Waals surface area (Å²) in [5.74, 6) is -0.0375. The lowest BCUT2D eigenvalue weighted by molar-refractivity contribution is -0.116. The third kappa shape index (κ3) is 3.89. The molecule has 0 saturated carbocycles. The summed E-state index contributed by atoms with van der Waals surface area (Å²) in [6.07, 6.45) is 4.80. The summed E-state index contributed by atoms with van der Waals surface area (Å²) in [4.78, 5) is 17.8. The Hall–Kier alpha value is -2.77. The van der Waals surface area contributed by atoms with E-state index in [0.717, 1.165) is 21.8 Å². The molecule has 0 fully saturated rings. The predicted molar refractivity (Wildman–Crippen MR) is 106 cm³/mol. The standard InChI is InChI=1S/C19H16N4OS2/c24-18(22-19-21-16(13-26-19)17-7-4-10-25-17)9-8-14-11-20-23(12-14)15-5-2-1-3-6-15/h1-7,10-13H,8-9H2,(H,21,22,24). The van der Waals surface area contributed by atoms with E-state index in [1.54, 1.807) is 17.5 Å². The first kappa shape index (κ1) is 16.7. The Morgan fingerprint density at radius 1 is 1.12 bits per heavy atom. The van der Waals surface area contributed by atoms with Gasteiger partial charge in [0.1, 0.15) is 0 Å². The van der Waals surface area contributed by atoms with Crippen LogP contribution in [-0.4, -0.2) is 20.7 Å². The van der Waals surface area contributed by atoms with Crippen molar-refractivity contribution in [2.24, 2.45) is 0 Å². The lowest BCUT2D eigenvalue weighted by Gasteiger charge is -2.01. The number of aryl methyl sites for hydroxylation is 1. The molecular formula is C19H16N4OS2. The van der Waals surface area contributed by atoms with Gasteiger partial charge in [-0.2, -0.15) is 5.10 Å². The van der Waals surface area contributed by atoms with E-state index in [-0.39, 0.29) is 5.91 Å². The van der Waals surface area contributed by atoms with Gasteiger partial charge in [-0.3, -0.25) is 4.79 Å². The molecule has 4 aromatic rings. The molecule has 1 amide bonds. The molecule has 3 aromatic heterocycles. The van der Waals surface area contributed by atoms with Gasteiger partial charge in [-0.05, 0) is 35.6 Å². The maximum atomic E-state index is 12.2. The van der Waals surface area contributed by atoms with Crippen LogP contribution >= 0.6 is 22.7 Å². The molecule has 7 heteroatoms. The van der Waals surface area contributed by atoms with E-state index >= 15 is 0 Å². The van der Waals surface area contributed by atoms with E-state index < -0.39 is 0 Å². The summed E-state index contributed by atoms with van der Waals surface area (Å²) in [5.41, 5.74) is 2.94. The number of carbonyl (C=O) groups is 1. The minimum absolute atomic E-state index is 0.0375. The fraction of sp³-hybridized carbons (Fsp3) is 0.105. The molecule has 1 N–H and O–H groups in total. The van der Waals surface area contributed by atoms with Crippen LogP contribution in [0.3, 0.4) is 0 Å². The molecule has 0 atom stereocenters. The molecule has 0 saturated heterocycles. The van der Waals surface area contributed by atoms with E-state index in [2.05, 4.69) is 15.4 Å². The van der Waals surface area contributed by atoms with E-state index in [4.69, 9.17) is 0 Å². The number of nitrogens with zero attached hydrogens (tertiary/aromatic N) is 3. The van der Waals surface area contributed by atoms with Crippen molar-refractivity contribution in [2.45, 2.75) is 12.8 Å². The van der Waals surface area contributed by atoms with Gasteiger partial charge in [-0.1, -0.05) is 24.3 Å². The maximum Gasteiger partial charge on any atom is 0.226 e. The summed E-state index contributed by atoms with van der Waals surface area (Å²) in [6, 6.07) is 13.9. The second-order valence-electron chi connectivity index (χ2n) is 5.69. The number of thiazole rings is 1. The van der Waals surface area contributed by atoms with Gasteiger partial charge >= 0.3 is 0 Å². The zero-order valence-corrected chi connectivity index (χ0v) is 15.5. The van der Waals surface area contributed by atoms with E-state index in [9.17, 15) is 4.79 Å². The summed E-state index contributed by atoms with van der Waals surface area (Å²) < 4.78 is 1.82. The van der Waals surface area contributed by atoms with Crippen molar-refractivity contribution in [3.05, 3.63) is 71.2 Å². The Kier molecular flexibility index (Phi) is 4.90. The Bertz CT molecular complexity index is 990. The summed E-state index contributed by atoms with van der Waals surface area (Å²) in [6.45, 7) is 0. The smallest absolute Gasteiger partial charge is 0.226 e. The van der Waals surface area contributed by atoms with Crippen molar-refractivity contribution in [3.8, 4) is 16.3 Å². The first-order valence-electron chi connectivity index (χ1n) is 8.16. The molecule has 3 heterocycles. The number of hydrogen-bond acceptors (Lipinski definition) is 5. The highest BCUT2D eigenvalue weighted by molar-refractivity contribution is 7.16. The quantitative estimate of drug-likeness (QED) is 0.531. The Labute approximate surface area is 159 Å². The van der Waals surface area contributed by atoms with E-state index in [1.807, 2.05) is 64.1 Å². The third-order valence-corrected chi connectivity index (χ3v) is 5.47. The van der Waals surface area contributed by atoms with Gasteiger partial charge in [0.2, 0.25) is 5.91 Å². The van der Waals surface area contributed by atoms with Crippen LogP contribution in [0.15, 0.2) is 65.6 Å². The molecule has 0 radical (unpaired) electrons. The van der Waals surface area contributed by atoms with Crippen molar-refractivity contribution >= 4 is 33.7 Å². The third-order valence-electron chi connectivity index (χ3n) is 3.82. The monoisotopic (exact) mass is 380 g/mol. The number of para-hydroxylation sites is 1. The van der Waals surface area contributed by atoms with Crippen LogP contribution in [0.2, 0.25) is 0 Å². The lowest BCUT2D eigenvalue weighted by atomic mass is 10.2. The lowest BCUT2D eigenvalue weighted by Crippen LogP contribution is -2.11. The zero-order chi connectivity index (χ0) is 17.8. The van der Waals surface area contributed by atoms with Crippen molar-refractivity contribution in [3.63, 3.8) is 0 Å². The SMILES string of the molecule is O=C(CCc1cnn(-c2ccccc2)c1)Nc1nc(-c2cccs2)cs1. The topological polar surface area (TPSA) is 59.8 Å². The number of thiophene rings is 1. The van der Waals surface area contributed by atoms with Gasteiger partial charge in [0, 0.05) is 18.0 Å². The average Bonchev–Trinajstić information content (AvgIpc) is 3.41. The van der Waals surface area contributed by atoms with Crippen molar-refractivity contribution in [2.75, 3.05) is 5.32 Å². The largest absolute Gasteiger partial charge is 0.302 e.